The lowest BCUT2D eigenvalue weighted by molar-refractivity contribution is -0.118. The number of aryl methyl sites for hydroxylation is 1. The predicted molar refractivity (Wildman–Crippen MR) is 118 cm³/mol. The lowest BCUT2D eigenvalue weighted by Crippen LogP contribution is -2.49. The van der Waals surface area contributed by atoms with E-state index in [-0.39, 0.29) is 28.4 Å². The van der Waals surface area contributed by atoms with E-state index in [1.165, 1.54) is 17.3 Å². The Bertz CT molecular complexity index is 1160. The van der Waals surface area contributed by atoms with Gasteiger partial charge in [-0.2, -0.15) is 5.26 Å². The maximum absolute atomic E-state index is 13.4. The van der Waals surface area contributed by atoms with Gasteiger partial charge in [0.1, 0.15) is 5.82 Å². The SMILES string of the molecule is CCc1ccc(C2C(C#N)=C(N)N(NC(=O)c3ccco3)C3=C2C(=O)CC(C)(C)C3)cc1. The molecule has 0 saturated heterocycles. The molecule has 3 N–H and O–H groups in total. The number of nitrogens with zero attached hydrogens (tertiary/aromatic N) is 2. The van der Waals surface area contributed by atoms with E-state index >= 15 is 0 Å². The van der Waals surface area contributed by atoms with Crippen LogP contribution in [0.5, 0.6) is 0 Å². The molecule has 1 unspecified atom stereocenters. The second-order valence-electron chi connectivity index (χ2n) is 8.99. The minimum absolute atomic E-state index is 0.0432. The second kappa shape index (κ2) is 8.04. The van der Waals surface area contributed by atoms with Gasteiger partial charge < -0.3 is 10.2 Å². The third-order valence-corrected chi connectivity index (χ3v) is 6.06. The molecule has 164 valence electrons. The largest absolute Gasteiger partial charge is 0.459 e. The Kier molecular flexibility index (Phi) is 5.39. The quantitative estimate of drug-likeness (QED) is 0.760. The number of nitrogens with two attached hydrogens (primary N) is 1. The number of carbonyl (C=O) groups is 2. The smallest absolute Gasteiger partial charge is 0.305 e. The van der Waals surface area contributed by atoms with Crippen LogP contribution in [0.2, 0.25) is 0 Å². The molecule has 2 aromatic rings. The van der Waals surface area contributed by atoms with Crippen molar-refractivity contribution in [1.82, 2.24) is 10.4 Å². The lowest BCUT2D eigenvalue weighted by atomic mass is 9.69. The molecule has 4 rings (SSSR count). The van der Waals surface area contributed by atoms with Gasteiger partial charge in [-0.05, 0) is 41.5 Å². The van der Waals surface area contributed by atoms with Gasteiger partial charge in [0.25, 0.3) is 0 Å². The number of nitrogens with one attached hydrogen (secondary N) is 1. The Hall–Kier alpha value is -3.79. The molecule has 7 heteroatoms. The van der Waals surface area contributed by atoms with Crippen LogP contribution in [0.25, 0.3) is 0 Å². The maximum atomic E-state index is 13.4. The minimum Gasteiger partial charge on any atom is -0.459 e. The first-order valence-corrected chi connectivity index (χ1v) is 10.6. The van der Waals surface area contributed by atoms with Gasteiger partial charge in [-0.3, -0.25) is 15.0 Å². The molecule has 1 aliphatic carbocycles. The van der Waals surface area contributed by atoms with Gasteiger partial charge in [-0.15, -0.1) is 0 Å². The molecule has 2 aliphatic rings. The molecule has 1 amide bonds. The van der Waals surface area contributed by atoms with Gasteiger partial charge in [0, 0.05) is 12.0 Å². The summed E-state index contributed by atoms with van der Waals surface area (Å²) in [7, 11) is 0. The third-order valence-electron chi connectivity index (χ3n) is 6.06. The van der Waals surface area contributed by atoms with Crippen LogP contribution >= 0.6 is 0 Å². The molecule has 0 spiro atoms. The summed E-state index contributed by atoms with van der Waals surface area (Å²) in [6.07, 6.45) is 3.17. The Morgan fingerprint density at radius 1 is 1.28 bits per heavy atom. The molecule has 1 aliphatic heterocycles. The average Bonchev–Trinajstić information content (AvgIpc) is 3.30. The summed E-state index contributed by atoms with van der Waals surface area (Å²) in [6.45, 7) is 6.08. The van der Waals surface area contributed by atoms with E-state index in [0.717, 1.165) is 17.5 Å². The highest BCUT2D eigenvalue weighted by Gasteiger charge is 2.45. The predicted octanol–water partition coefficient (Wildman–Crippen LogP) is 3.92. The molecule has 2 heterocycles. The molecule has 0 saturated carbocycles. The van der Waals surface area contributed by atoms with Crippen molar-refractivity contribution < 1.29 is 14.0 Å². The van der Waals surface area contributed by atoms with Crippen LogP contribution in [0, 0.1) is 16.7 Å². The number of rotatable bonds is 4. The summed E-state index contributed by atoms with van der Waals surface area (Å²) in [5, 5.41) is 11.4. The Labute approximate surface area is 187 Å². The van der Waals surface area contributed by atoms with Crippen molar-refractivity contribution in [2.24, 2.45) is 11.1 Å². The van der Waals surface area contributed by atoms with E-state index in [9.17, 15) is 14.9 Å². The first-order valence-electron chi connectivity index (χ1n) is 10.6. The van der Waals surface area contributed by atoms with E-state index in [0.29, 0.717) is 24.1 Å². The Balaban J connectivity index is 1.86. The number of nitriles is 1. The van der Waals surface area contributed by atoms with E-state index in [1.54, 1.807) is 6.07 Å². The van der Waals surface area contributed by atoms with Crippen molar-refractivity contribution in [3.8, 4) is 6.07 Å². The standard InChI is InChI=1S/C25H26N4O3/c1-4-15-7-9-16(10-8-15)21-17(14-26)23(27)29(28-24(31)20-6-5-11-32-20)18-12-25(2,3)13-19(30)22(18)21/h5-11,21H,4,12-13,27H2,1-3H3,(H,28,31). The first kappa shape index (κ1) is 21.4. The fraction of sp³-hybridized carbons (Fsp3) is 0.320. The monoisotopic (exact) mass is 430 g/mol. The summed E-state index contributed by atoms with van der Waals surface area (Å²) in [4.78, 5) is 26.1. The van der Waals surface area contributed by atoms with E-state index in [4.69, 9.17) is 10.2 Å². The molecule has 1 aromatic carbocycles. The lowest BCUT2D eigenvalue weighted by Gasteiger charge is -2.43. The summed E-state index contributed by atoms with van der Waals surface area (Å²) >= 11 is 0. The van der Waals surface area contributed by atoms with Crippen molar-refractivity contribution in [3.05, 3.63) is 82.2 Å². The minimum atomic E-state index is -0.568. The number of hydrazine groups is 1. The highest BCUT2D eigenvalue weighted by atomic mass is 16.3. The van der Waals surface area contributed by atoms with Gasteiger partial charge in [-0.25, -0.2) is 5.01 Å². The number of hydrogen-bond acceptors (Lipinski definition) is 6. The number of carbonyl (C=O) groups excluding carboxylic acids is 2. The normalized spacial score (nSPS) is 20.1. The summed E-state index contributed by atoms with van der Waals surface area (Å²) < 4.78 is 5.19. The summed E-state index contributed by atoms with van der Waals surface area (Å²) in [6, 6.07) is 13.2. The van der Waals surface area contributed by atoms with Crippen molar-refractivity contribution in [3.63, 3.8) is 0 Å². The zero-order valence-corrected chi connectivity index (χ0v) is 18.4. The molecular formula is C25H26N4O3. The molecule has 32 heavy (non-hydrogen) atoms. The van der Waals surface area contributed by atoms with Gasteiger partial charge in [-0.1, -0.05) is 45.0 Å². The van der Waals surface area contributed by atoms with E-state index < -0.39 is 11.8 Å². The Morgan fingerprint density at radius 2 is 2.00 bits per heavy atom. The number of amides is 1. The zero-order valence-electron chi connectivity index (χ0n) is 18.4. The number of hydrogen-bond donors (Lipinski definition) is 2. The Morgan fingerprint density at radius 3 is 2.59 bits per heavy atom. The summed E-state index contributed by atoms with van der Waals surface area (Å²) in [5.41, 5.74) is 12.2. The zero-order chi connectivity index (χ0) is 23.0. The number of benzene rings is 1. The highest BCUT2D eigenvalue weighted by Crippen LogP contribution is 2.48. The van der Waals surface area contributed by atoms with Crippen LogP contribution in [-0.4, -0.2) is 16.7 Å². The average molecular weight is 431 g/mol. The number of furan rings is 1. The van der Waals surface area contributed by atoms with Crippen molar-refractivity contribution in [2.45, 2.75) is 46.0 Å². The fourth-order valence-corrected chi connectivity index (χ4v) is 4.48. The fourth-order valence-electron chi connectivity index (χ4n) is 4.48. The van der Waals surface area contributed by atoms with Gasteiger partial charge in [0.15, 0.2) is 11.5 Å². The van der Waals surface area contributed by atoms with Crippen molar-refractivity contribution in [1.29, 1.82) is 5.26 Å². The molecule has 0 radical (unpaired) electrons. The van der Waals surface area contributed by atoms with E-state index in [2.05, 4.69) is 18.4 Å². The molecule has 7 nitrogen and oxygen atoms in total. The number of allylic oxidation sites excluding steroid dienone is 3. The van der Waals surface area contributed by atoms with E-state index in [1.807, 2.05) is 38.1 Å². The molecule has 0 bridgehead atoms. The van der Waals surface area contributed by atoms with Crippen LogP contribution < -0.4 is 11.2 Å². The third kappa shape index (κ3) is 3.69. The van der Waals surface area contributed by atoms with Gasteiger partial charge in [0.05, 0.1) is 29.5 Å². The second-order valence-corrected chi connectivity index (χ2v) is 8.99. The van der Waals surface area contributed by atoms with Crippen molar-refractivity contribution in [2.75, 3.05) is 0 Å². The number of ketones is 1. The van der Waals surface area contributed by atoms with Crippen LogP contribution in [0.15, 0.2) is 69.7 Å². The molecule has 1 aromatic heterocycles. The molecule has 0 fully saturated rings. The topological polar surface area (TPSA) is 112 Å². The maximum Gasteiger partial charge on any atom is 0.305 e. The van der Waals surface area contributed by atoms with Crippen LogP contribution in [0.1, 0.15) is 61.2 Å². The number of Topliss-reactive ketones (excluding diaryl/α,β-unsaturated/α-hetero) is 1. The van der Waals surface area contributed by atoms with Crippen LogP contribution in [0.4, 0.5) is 0 Å². The molecule has 1 atom stereocenters. The van der Waals surface area contributed by atoms with Crippen LogP contribution in [0.3, 0.4) is 0 Å². The van der Waals surface area contributed by atoms with Crippen LogP contribution in [-0.2, 0) is 11.2 Å². The highest BCUT2D eigenvalue weighted by molar-refractivity contribution is 6.00. The van der Waals surface area contributed by atoms with Gasteiger partial charge >= 0.3 is 5.91 Å². The first-order chi connectivity index (χ1) is 15.3. The summed E-state index contributed by atoms with van der Waals surface area (Å²) in [5.74, 6) is -0.901. The van der Waals surface area contributed by atoms with Crippen molar-refractivity contribution >= 4 is 11.7 Å². The molecular weight excluding hydrogens is 404 g/mol. The van der Waals surface area contributed by atoms with Gasteiger partial charge in [0.2, 0.25) is 0 Å².